The summed E-state index contributed by atoms with van der Waals surface area (Å²) in [4.78, 5) is 23.5. The van der Waals surface area contributed by atoms with Crippen molar-refractivity contribution in [2.24, 2.45) is 0 Å². The third kappa shape index (κ3) is 7.09. The Hall–Kier alpha value is -1.32. The Bertz CT molecular complexity index is 315. The van der Waals surface area contributed by atoms with Gasteiger partial charge in [-0.05, 0) is 39.7 Å². The summed E-state index contributed by atoms with van der Waals surface area (Å²) in [5.41, 5.74) is -0.113. The van der Waals surface area contributed by atoms with Crippen LogP contribution in [0.4, 0.5) is 4.79 Å². The van der Waals surface area contributed by atoms with Crippen molar-refractivity contribution in [2.45, 2.75) is 65.5 Å². The first-order chi connectivity index (χ1) is 8.17. The molecule has 0 aliphatic carbocycles. The highest BCUT2D eigenvalue weighted by atomic mass is 16.6. The Labute approximate surface area is 110 Å². The number of carbonyl (C=O) groups is 2. The largest absolute Gasteiger partial charge is 0.444 e. The van der Waals surface area contributed by atoms with Crippen molar-refractivity contribution in [1.29, 1.82) is 0 Å². The van der Waals surface area contributed by atoms with Crippen molar-refractivity contribution in [3.05, 3.63) is 12.2 Å². The number of Topliss-reactive ketones (excluding diaryl/α,β-unsaturated/α-hetero) is 1. The van der Waals surface area contributed by atoms with Gasteiger partial charge >= 0.3 is 6.09 Å². The molecule has 4 nitrogen and oxygen atoms in total. The fourth-order valence-electron chi connectivity index (χ4n) is 1.42. The average molecular weight is 255 g/mol. The van der Waals surface area contributed by atoms with Gasteiger partial charge in [-0.1, -0.05) is 26.3 Å². The van der Waals surface area contributed by atoms with Gasteiger partial charge in [-0.2, -0.15) is 0 Å². The molecule has 1 amide bonds. The summed E-state index contributed by atoms with van der Waals surface area (Å²) in [6.07, 6.45) is 1.90. The van der Waals surface area contributed by atoms with Gasteiger partial charge in [0, 0.05) is 0 Å². The maximum atomic E-state index is 11.9. The molecule has 0 aliphatic heterocycles. The van der Waals surface area contributed by atoms with Gasteiger partial charge < -0.3 is 10.1 Å². The molecular weight excluding hydrogens is 230 g/mol. The molecule has 1 N–H and O–H groups in total. The third-order valence-corrected chi connectivity index (χ3v) is 2.27. The van der Waals surface area contributed by atoms with E-state index < -0.39 is 17.7 Å². The molecular formula is C14H25NO3. The second kappa shape index (κ2) is 7.19. The minimum Gasteiger partial charge on any atom is -0.444 e. The van der Waals surface area contributed by atoms with Gasteiger partial charge in [0.15, 0.2) is 5.78 Å². The predicted molar refractivity (Wildman–Crippen MR) is 72.5 cm³/mol. The van der Waals surface area contributed by atoms with E-state index in [1.807, 2.05) is 6.92 Å². The van der Waals surface area contributed by atoms with Crippen molar-refractivity contribution in [2.75, 3.05) is 0 Å². The van der Waals surface area contributed by atoms with Crippen molar-refractivity contribution in [3.8, 4) is 0 Å². The Morgan fingerprint density at radius 1 is 1.33 bits per heavy atom. The normalized spacial score (nSPS) is 12.7. The summed E-state index contributed by atoms with van der Waals surface area (Å²) in [5.74, 6) is -0.130. The molecule has 0 aromatic rings. The zero-order valence-electron chi connectivity index (χ0n) is 12.1. The van der Waals surface area contributed by atoms with Crippen LogP contribution in [-0.4, -0.2) is 23.5 Å². The van der Waals surface area contributed by atoms with E-state index in [2.05, 4.69) is 11.9 Å². The number of amides is 1. The number of hydrogen-bond donors (Lipinski definition) is 1. The van der Waals surface area contributed by atoms with Crippen molar-refractivity contribution < 1.29 is 14.3 Å². The van der Waals surface area contributed by atoms with Gasteiger partial charge in [-0.25, -0.2) is 4.79 Å². The smallest absolute Gasteiger partial charge is 0.408 e. The summed E-state index contributed by atoms with van der Waals surface area (Å²) < 4.78 is 5.15. The summed E-state index contributed by atoms with van der Waals surface area (Å²) in [5, 5.41) is 2.62. The number of hydrogen-bond acceptors (Lipinski definition) is 3. The maximum absolute atomic E-state index is 11.9. The highest BCUT2D eigenvalue weighted by Crippen LogP contribution is 2.10. The molecule has 1 atom stereocenters. The molecule has 0 bridgehead atoms. The van der Waals surface area contributed by atoms with E-state index in [4.69, 9.17) is 4.74 Å². The summed E-state index contributed by atoms with van der Waals surface area (Å²) in [6.45, 7) is 12.7. The van der Waals surface area contributed by atoms with Crippen LogP contribution in [0.5, 0.6) is 0 Å². The number of nitrogens with one attached hydrogen (secondary N) is 1. The molecule has 0 saturated heterocycles. The second-order valence-corrected chi connectivity index (χ2v) is 5.49. The summed E-state index contributed by atoms with van der Waals surface area (Å²) in [7, 11) is 0. The van der Waals surface area contributed by atoms with Gasteiger partial charge in [-0.3, -0.25) is 4.79 Å². The molecule has 0 heterocycles. The van der Waals surface area contributed by atoms with Gasteiger partial charge in [0.05, 0.1) is 6.04 Å². The molecule has 0 fully saturated rings. The number of alkyl carbamates (subject to hydrolysis) is 1. The van der Waals surface area contributed by atoms with E-state index in [9.17, 15) is 9.59 Å². The molecule has 18 heavy (non-hydrogen) atoms. The second-order valence-electron chi connectivity index (χ2n) is 5.49. The zero-order valence-corrected chi connectivity index (χ0v) is 12.1. The fraction of sp³-hybridized carbons (Fsp3) is 0.714. The van der Waals surface area contributed by atoms with E-state index in [1.54, 1.807) is 27.7 Å². The number of ether oxygens (including phenoxy) is 1. The molecule has 0 rings (SSSR count). The van der Waals surface area contributed by atoms with Crippen molar-refractivity contribution in [1.82, 2.24) is 5.32 Å². The third-order valence-electron chi connectivity index (χ3n) is 2.27. The average Bonchev–Trinajstić information content (AvgIpc) is 2.20. The van der Waals surface area contributed by atoms with Crippen LogP contribution in [0.1, 0.15) is 53.9 Å². The Morgan fingerprint density at radius 3 is 2.28 bits per heavy atom. The summed E-state index contributed by atoms with van der Waals surface area (Å²) >= 11 is 0. The molecule has 0 unspecified atom stereocenters. The first-order valence-corrected chi connectivity index (χ1v) is 6.36. The van der Waals surface area contributed by atoms with Gasteiger partial charge in [0.25, 0.3) is 0 Å². The van der Waals surface area contributed by atoms with Crippen LogP contribution in [0, 0.1) is 0 Å². The Balaban J connectivity index is 4.54. The monoisotopic (exact) mass is 255 g/mol. The van der Waals surface area contributed by atoms with E-state index in [0.717, 1.165) is 12.8 Å². The van der Waals surface area contributed by atoms with Gasteiger partial charge in [0.2, 0.25) is 0 Å². The van der Waals surface area contributed by atoms with Crippen LogP contribution >= 0.6 is 0 Å². The maximum Gasteiger partial charge on any atom is 0.408 e. The standard InChI is InChI=1S/C14H25NO3/c1-7-8-9-11(12(16)10(2)3)15-13(17)18-14(4,5)6/h11H,2,7-9H2,1,3-6H3,(H,15,17)/t11-/m0/s1. The fourth-order valence-corrected chi connectivity index (χ4v) is 1.42. The molecule has 0 radical (unpaired) electrons. The minimum absolute atomic E-state index is 0.130. The minimum atomic E-state index is -0.564. The molecule has 0 saturated carbocycles. The Kier molecular flexibility index (Phi) is 6.66. The predicted octanol–water partition coefficient (Wildman–Crippen LogP) is 3.22. The van der Waals surface area contributed by atoms with Crippen LogP contribution in [0.25, 0.3) is 0 Å². The van der Waals surface area contributed by atoms with Crippen LogP contribution in [-0.2, 0) is 9.53 Å². The highest BCUT2D eigenvalue weighted by Gasteiger charge is 2.23. The molecule has 0 aromatic carbocycles. The number of carbonyl (C=O) groups excluding carboxylic acids is 2. The van der Waals surface area contributed by atoms with E-state index >= 15 is 0 Å². The number of ketones is 1. The van der Waals surface area contributed by atoms with Gasteiger partial charge in [-0.15, -0.1) is 0 Å². The number of unbranched alkanes of at least 4 members (excludes halogenated alkanes) is 1. The molecule has 4 heteroatoms. The lowest BCUT2D eigenvalue weighted by molar-refractivity contribution is -0.117. The van der Waals surface area contributed by atoms with Crippen LogP contribution in [0.2, 0.25) is 0 Å². The van der Waals surface area contributed by atoms with E-state index in [-0.39, 0.29) is 5.78 Å². The van der Waals surface area contributed by atoms with Gasteiger partial charge in [0.1, 0.15) is 5.60 Å². The first kappa shape index (κ1) is 16.7. The van der Waals surface area contributed by atoms with E-state index in [0.29, 0.717) is 12.0 Å². The van der Waals surface area contributed by atoms with Crippen molar-refractivity contribution in [3.63, 3.8) is 0 Å². The lowest BCUT2D eigenvalue weighted by atomic mass is 10.0. The lowest BCUT2D eigenvalue weighted by Gasteiger charge is -2.23. The van der Waals surface area contributed by atoms with E-state index in [1.165, 1.54) is 0 Å². The molecule has 0 aromatic heterocycles. The quantitative estimate of drug-likeness (QED) is 0.741. The Morgan fingerprint density at radius 2 is 1.89 bits per heavy atom. The molecule has 0 spiro atoms. The first-order valence-electron chi connectivity index (χ1n) is 6.36. The zero-order chi connectivity index (χ0) is 14.3. The molecule has 104 valence electrons. The SMILES string of the molecule is C=C(C)C(=O)[C@H](CCCC)NC(=O)OC(C)(C)C. The summed E-state index contributed by atoms with van der Waals surface area (Å²) in [6, 6.07) is -0.530. The van der Waals surface area contributed by atoms with Crippen molar-refractivity contribution >= 4 is 11.9 Å². The van der Waals surface area contributed by atoms with Crippen LogP contribution in [0.3, 0.4) is 0 Å². The van der Waals surface area contributed by atoms with Crippen LogP contribution < -0.4 is 5.32 Å². The molecule has 0 aliphatic rings. The number of rotatable bonds is 6. The van der Waals surface area contributed by atoms with Crippen LogP contribution in [0.15, 0.2) is 12.2 Å². The lowest BCUT2D eigenvalue weighted by Crippen LogP contribution is -2.43. The highest BCUT2D eigenvalue weighted by molar-refractivity contribution is 5.99. The topological polar surface area (TPSA) is 55.4 Å².